The molecule has 0 aliphatic carbocycles. The van der Waals surface area contributed by atoms with Crippen LogP contribution in [0.1, 0.15) is 30.3 Å². The van der Waals surface area contributed by atoms with Crippen molar-refractivity contribution >= 4 is 5.82 Å². The van der Waals surface area contributed by atoms with E-state index < -0.39 is 0 Å². The minimum Gasteiger partial charge on any atom is -0.368 e. The van der Waals surface area contributed by atoms with Gasteiger partial charge in [0.05, 0.1) is 17.9 Å². The van der Waals surface area contributed by atoms with Gasteiger partial charge in [-0.15, -0.1) is 0 Å². The van der Waals surface area contributed by atoms with Crippen molar-refractivity contribution in [2.45, 2.75) is 32.4 Å². The summed E-state index contributed by atoms with van der Waals surface area (Å²) in [6.45, 7) is 4.78. The first-order chi connectivity index (χ1) is 9.81. The third kappa shape index (κ3) is 3.17. The van der Waals surface area contributed by atoms with Crippen LogP contribution in [0.4, 0.5) is 5.82 Å². The van der Waals surface area contributed by atoms with E-state index in [0.29, 0.717) is 6.04 Å². The fourth-order valence-electron chi connectivity index (χ4n) is 2.57. The van der Waals surface area contributed by atoms with Gasteiger partial charge in [0.15, 0.2) is 0 Å². The zero-order chi connectivity index (χ0) is 13.8. The summed E-state index contributed by atoms with van der Waals surface area (Å²) in [6.07, 6.45) is 4.43. The Balaban J connectivity index is 1.55. The highest BCUT2D eigenvalue weighted by Crippen LogP contribution is 2.22. The summed E-state index contributed by atoms with van der Waals surface area (Å²) < 4.78 is 1.95. The molecule has 1 fully saturated rings. The summed E-state index contributed by atoms with van der Waals surface area (Å²) in [4.78, 5) is 4.69. The Morgan fingerprint density at radius 2 is 2.35 bits per heavy atom. The topological polar surface area (TPSA) is 54.8 Å². The van der Waals surface area contributed by atoms with Crippen LogP contribution in [0.3, 0.4) is 0 Å². The third-order valence-electron chi connectivity index (χ3n) is 3.61. The number of rotatable bonds is 5. The molecule has 3 heterocycles. The first kappa shape index (κ1) is 13.1. The van der Waals surface area contributed by atoms with Crippen LogP contribution >= 0.6 is 0 Å². The molecular formula is C15H21N5. The van der Waals surface area contributed by atoms with Gasteiger partial charge in [-0.25, -0.2) is 4.98 Å². The molecule has 5 heteroatoms. The van der Waals surface area contributed by atoms with Gasteiger partial charge in [-0.2, -0.15) is 5.10 Å². The molecule has 1 saturated heterocycles. The fraction of sp³-hybridized carbons (Fsp3) is 0.467. The van der Waals surface area contributed by atoms with Gasteiger partial charge >= 0.3 is 0 Å². The highest BCUT2D eigenvalue weighted by molar-refractivity contribution is 5.36. The van der Waals surface area contributed by atoms with Gasteiger partial charge in [-0.05, 0) is 44.5 Å². The Labute approximate surface area is 119 Å². The quantitative estimate of drug-likeness (QED) is 0.874. The molecule has 3 rings (SSSR count). The Bertz CT molecular complexity index is 557. The molecule has 106 valence electrons. The van der Waals surface area contributed by atoms with Crippen LogP contribution in [0.25, 0.3) is 0 Å². The normalized spacial score (nSPS) is 18.4. The average Bonchev–Trinajstić information content (AvgIpc) is 3.11. The highest BCUT2D eigenvalue weighted by atomic mass is 15.3. The van der Waals surface area contributed by atoms with Crippen LogP contribution in [0, 0.1) is 6.92 Å². The fourth-order valence-corrected chi connectivity index (χ4v) is 2.57. The number of aromatic nitrogens is 3. The molecule has 2 aromatic rings. The van der Waals surface area contributed by atoms with E-state index in [1.165, 1.54) is 12.8 Å². The van der Waals surface area contributed by atoms with E-state index in [0.717, 1.165) is 36.8 Å². The Kier molecular flexibility index (Phi) is 3.97. The molecular weight excluding hydrogens is 250 g/mol. The summed E-state index contributed by atoms with van der Waals surface area (Å²) in [7, 11) is 0. The van der Waals surface area contributed by atoms with Crippen molar-refractivity contribution in [1.82, 2.24) is 20.1 Å². The lowest BCUT2D eigenvalue weighted by Crippen LogP contribution is -2.16. The standard InChI is InChI=1S/C15H21N5/c1-12-7-10-20(19-12)11-9-17-15-6-2-4-14(18-15)13-5-3-8-16-13/h2,4,6-7,10,13,16H,3,5,8-9,11H2,1H3,(H,17,18). The summed E-state index contributed by atoms with van der Waals surface area (Å²) in [5, 5.41) is 11.2. The molecule has 1 atom stereocenters. The van der Waals surface area contributed by atoms with Gasteiger partial charge in [0.25, 0.3) is 0 Å². The molecule has 2 N–H and O–H groups in total. The predicted octanol–water partition coefficient (Wildman–Crippen LogP) is 2.12. The largest absolute Gasteiger partial charge is 0.368 e. The molecule has 2 aromatic heterocycles. The van der Waals surface area contributed by atoms with Gasteiger partial charge < -0.3 is 10.6 Å². The Hall–Kier alpha value is -1.88. The third-order valence-corrected chi connectivity index (χ3v) is 3.61. The molecule has 5 nitrogen and oxygen atoms in total. The maximum Gasteiger partial charge on any atom is 0.126 e. The number of nitrogens with one attached hydrogen (secondary N) is 2. The second-order valence-electron chi connectivity index (χ2n) is 5.24. The maximum atomic E-state index is 4.69. The molecule has 1 aliphatic heterocycles. The number of pyridine rings is 1. The first-order valence-electron chi connectivity index (χ1n) is 7.25. The molecule has 1 unspecified atom stereocenters. The second kappa shape index (κ2) is 6.05. The van der Waals surface area contributed by atoms with Crippen molar-refractivity contribution < 1.29 is 0 Å². The average molecular weight is 271 g/mol. The SMILES string of the molecule is Cc1ccn(CCNc2cccc(C3CCCN3)n2)n1. The van der Waals surface area contributed by atoms with Crippen LogP contribution in [0.15, 0.2) is 30.5 Å². The van der Waals surface area contributed by atoms with E-state index in [1.807, 2.05) is 29.9 Å². The Morgan fingerprint density at radius 3 is 3.10 bits per heavy atom. The number of anilines is 1. The summed E-state index contributed by atoms with van der Waals surface area (Å²) in [5.41, 5.74) is 2.19. The van der Waals surface area contributed by atoms with E-state index in [2.05, 4.69) is 32.8 Å². The van der Waals surface area contributed by atoms with Crippen molar-refractivity contribution in [2.24, 2.45) is 0 Å². The first-order valence-corrected chi connectivity index (χ1v) is 7.25. The molecule has 0 spiro atoms. The lowest BCUT2D eigenvalue weighted by molar-refractivity contribution is 0.622. The van der Waals surface area contributed by atoms with Gasteiger partial charge in [0, 0.05) is 18.8 Å². The number of hydrogen-bond donors (Lipinski definition) is 2. The van der Waals surface area contributed by atoms with Crippen LogP contribution in [-0.4, -0.2) is 27.9 Å². The van der Waals surface area contributed by atoms with Crippen molar-refractivity contribution in [1.29, 1.82) is 0 Å². The summed E-state index contributed by atoms with van der Waals surface area (Å²) >= 11 is 0. The van der Waals surface area contributed by atoms with E-state index in [4.69, 9.17) is 0 Å². The minimum absolute atomic E-state index is 0.422. The van der Waals surface area contributed by atoms with E-state index in [1.54, 1.807) is 0 Å². The molecule has 0 aromatic carbocycles. The van der Waals surface area contributed by atoms with E-state index in [9.17, 15) is 0 Å². The van der Waals surface area contributed by atoms with Crippen LogP contribution in [-0.2, 0) is 6.54 Å². The summed E-state index contributed by atoms with van der Waals surface area (Å²) in [5.74, 6) is 0.945. The van der Waals surface area contributed by atoms with E-state index in [-0.39, 0.29) is 0 Å². The molecule has 0 saturated carbocycles. The van der Waals surface area contributed by atoms with Crippen LogP contribution in [0.5, 0.6) is 0 Å². The maximum absolute atomic E-state index is 4.69. The van der Waals surface area contributed by atoms with Gasteiger partial charge in [-0.3, -0.25) is 4.68 Å². The predicted molar refractivity (Wildman–Crippen MR) is 79.7 cm³/mol. The van der Waals surface area contributed by atoms with Crippen molar-refractivity contribution in [3.8, 4) is 0 Å². The van der Waals surface area contributed by atoms with Gasteiger partial charge in [0.1, 0.15) is 5.82 Å². The number of hydrogen-bond acceptors (Lipinski definition) is 4. The van der Waals surface area contributed by atoms with Crippen molar-refractivity contribution in [3.63, 3.8) is 0 Å². The van der Waals surface area contributed by atoms with Crippen molar-refractivity contribution in [2.75, 3.05) is 18.4 Å². The van der Waals surface area contributed by atoms with Gasteiger partial charge in [0.2, 0.25) is 0 Å². The lowest BCUT2D eigenvalue weighted by atomic mass is 10.1. The Morgan fingerprint density at radius 1 is 1.40 bits per heavy atom. The molecule has 0 bridgehead atoms. The van der Waals surface area contributed by atoms with Crippen LogP contribution in [0.2, 0.25) is 0 Å². The molecule has 20 heavy (non-hydrogen) atoms. The molecule has 1 aliphatic rings. The highest BCUT2D eigenvalue weighted by Gasteiger charge is 2.17. The van der Waals surface area contributed by atoms with Gasteiger partial charge in [-0.1, -0.05) is 6.07 Å². The zero-order valence-corrected chi connectivity index (χ0v) is 11.8. The van der Waals surface area contributed by atoms with Crippen molar-refractivity contribution in [3.05, 3.63) is 41.9 Å². The zero-order valence-electron chi connectivity index (χ0n) is 11.8. The summed E-state index contributed by atoms with van der Waals surface area (Å²) in [6, 6.07) is 8.64. The second-order valence-corrected chi connectivity index (χ2v) is 5.24. The van der Waals surface area contributed by atoms with Crippen LogP contribution < -0.4 is 10.6 Å². The number of nitrogens with zero attached hydrogens (tertiary/aromatic N) is 3. The minimum atomic E-state index is 0.422. The smallest absolute Gasteiger partial charge is 0.126 e. The molecule has 0 radical (unpaired) electrons. The number of aryl methyl sites for hydroxylation is 1. The molecule has 0 amide bonds. The lowest BCUT2D eigenvalue weighted by Gasteiger charge is -2.12. The monoisotopic (exact) mass is 271 g/mol. The van der Waals surface area contributed by atoms with E-state index >= 15 is 0 Å².